The molecule has 2 aromatic carbocycles. The molecule has 0 fully saturated rings. The minimum Gasteiger partial charge on any atom is -0.464 e. The van der Waals surface area contributed by atoms with Crippen molar-refractivity contribution in [3.63, 3.8) is 0 Å². The number of anilines is 1. The van der Waals surface area contributed by atoms with Crippen LogP contribution in [0.5, 0.6) is 0 Å². The largest absolute Gasteiger partial charge is 0.464 e. The number of methoxy groups -OCH3 is 1. The molecule has 0 spiro atoms. The van der Waals surface area contributed by atoms with E-state index in [4.69, 9.17) is 4.74 Å². The summed E-state index contributed by atoms with van der Waals surface area (Å²) in [7, 11) is 1.27. The lowest BCUT2D eigenvalue weighted by atomic mass is 9.95. The van der Waals surface area contributed by atoms with Crippen LogP contribution in [0.15, 0.2) is 59.6 Å². The van der Waals surface area contributed by atoms with Crippen LogP contribution in [-0.4, -0.2) is 30.6 Å². The Morgan fingerprint density at radius 3 is 2.50 bits per heavy atom. The topological polar surface area (TPSA) is 67.8 Å². The van der Waals surface area contributed by atoms with Crippen molar-refractivity contribution in [3.8, 4) is 0 Å². The van der Waals surface area contributed by atoms with Gasteiger partial charge in [-0.05, 0) is 24.3 Å². The Bertz CT molecular complexity index is 754. The summed E-state index contributed by atoms with van der Waals surface area (Å²) in [6, 6.07) is 15.3. The number of carbonyl (C=O) groups excluding carboxylic acids is 2. The number of carbonyl (C=O) groups is 2. The lowest BCUT2D eigenvalue weighted by Gasteiger charge is -2.24. The molecule has 0 radical (unpaired) electrons. The number of nitrogens with zero attached hydrogens (tertiary/aromatic N) is 1. The van der Waals surface area contributed by atoms with Crippen LogP contribution in [0.25, 0.3) is 0 Å². The second-order valence-corrected chi connectivity index (χ2v) is 4.81. The van der Waals surface area contributed by atoms with Crippen molar-refractivity contribution in [2.45, 2.75) is 6.04 Å². The van der Waals surface area contributed by atoms with Crippen LogP contribution in [0.4, 0.5) is 11.4 Å². The Balaban J connectivity index is 2.04. The Morgan fingerprint density at radius 2 is 1.77 bits per heavy atom. The van der Waals surface area contributed by atoms with E-state index in [9.17, 15) is 9.59 Å². The Kier molecular flexibility index (Phi) is 3.70. The van der Waals surface area contributed by atoms with Crippen LogP contribution in [-0.2, 0) is 9.53 Å². The zero-order valence-electron chi connectivity index (χ0n) is 11.9. The van der Waals surface area contributed by atoms with E-state index in [1.807, 2.05) is 30.3 Å². The van der Waals surface area contributed by atoms with E-state index >= 15 is 0 Å². The first-order valence-electron chi connectivity index (χ1n) is 6.82. The van der Waals surface area contributed by atoms with Gasteiger partial charge in [-0.2, -0.15) is 0 Å². The zero-order valence-corrected chi connectivity index (χ0v) is 11.9. The van der Waals surface area contributed by atoms with E-state index in [-0.39, 0.29) is 11.5 Å². The smallest absolute Gasteiger partial charge is 0.355 e. The molecule has 0 saturated carbocycles. The first-order valence-corrected chi connectivity index (χ1v) is 6.82. The van der Waals surface area contributed by atoms with Gasteiger partial charge in [0.1, 0.15) is 6.04 Å². The molecule has 22 heavy (non-hydrogen) atoms. The summed E-state index contributed by atoms with van der Waals surface area (Å²) < 4.78 is 4.76. The van der Waals surface area contributed by atoms with Gasteiger partial charge < -0.3 is 10.1 Å². The Hall–Kier alpha value is -2.95. The highest BCUT2D eigenvalue weighted by Crippen LogP contribution is 2.27. The first kappa shape index (κ1) is 14.0. The van der Waals surface area contributed by atoms with Crippen LogP contribution >= 0.6 is 0 Å². The number of fused-ring (bicyclic) bond motifs is 1. The molecule has 0 amide bonds. The number of hydrogen-bond acceptors (Lipinski definition) is 5. The lowest BCUT2D eigenvalue weighted by molar-refractivity contribution is -0.132. The van der Waals surface area contributed by atoms with E-state index < -0.39 is 12.0 Å². The van der Waals surface area contributed by atoms with Crippen LogP contribution in [0.2, 0.25) is 0 Å². The van der Waals surface area contributed by atoms with Gasteiger partial charge in [0, 0.05) is 11.3 Å². The number of rotatable bonds is 3. The predicted molar refractivity (Wildman–Crippen MR) is 83.7 cm³/mol. The first-order chi connectivity index (χ1) is 10.7. The van der Waals surface area contributed by atoms with Gasteiger partial charge in [-0.25, -0.2) is 9.79 Å². The molecular formula is C17H14N2O3. The zero-order chi connectivity index (χ0) is 15.5. The molecule has 0 bridgehead atoms. The normalized spacial score (nSPS) is 16.5. The summed E-state index contributed by atoms with van der Waals surface area (Å²) in [5.41, 5.74) is 1.77. The third-order valence-electron chi connectivity index (χ3n) is 3.43. The van der Waals surface area contributed by atoms with Gasteiger partial charge in [0.15, 0.2) is 11.5 Å². The minimum atomic E-state index is -0.857. The fourth-order valence-electron chi connectivity index (χ4n) is 2.36. The van der Waals surface area contributed by atoms with E-state index in [2.05, 4.69) is 10.3 Å². The van der Waals surface area contributed by atoms with Gasteiger partial charge >= 0.3 is 5.97 Å². The summed E-state index contributed by atoms with van der Waals surface area (Å²) in [4.78, 5) is 29.0. The van der Waals surface area contributed by atoms with Crippen LogP contribution in [0.3, 0.4) is 0 Å². The van der Waals surface area contributed by atoms with Crippen molar-refractivity contribution in [1.29, 1.82) is 0 Å². The number of hydrogen-bond donors (Lipinski definition) is 1. The number of benzene rings is 2. The molecule has 5 heteroatoms. The van der Waals surface area contributed by atoms with Crippen molar-refractivity contribution in [2.75, 3.05) is 12.4 Å². The fourth-order valence-corrected chi connectivity index (χ4v) is 2.36. The predicted octanol–water partition coefficient (Wildman–Crippen LogP) is 2.61. The molecule has 2 aromatic rings. The molecule has 5 nitrogen and oxygen atoms in total. The van der Waals surface area contributed by atoms with Gasteiger partial charge in [-0.1, -0.05) is 30.3 Å². The van der Waals surface area contributed by atoms with E-state index in [1.54, 1.807) is 24.3 Å². The molecule has 3 rings (SSSR count). The molecule has 0 aromatic heterocycles. The highest BCUT2D eigenvalue weighted by Gasteiger charge is 2.35. The molecule has 1 aliphatic rings. The summed E-state index contributed by atoms with van der Waals surface area (Å²) in [6.07, 6.45) is 0. The van der Waals surface area contributed by atoms with Gasteiger partial charge in [-0.15, -0.1) is 0 Å². The van der Waals surface area contributed by atoms with Crippen molar-refractivity contribution in [2.24, 2.45) is 4.99 Å². The van der Waals surface area contributed by atoms with Gasteiger partial charge in [0.05, 0.1) is 12.8 Å². The number of ketones is 1. The maximum atomic E-state index is 12.7. The summed E-state index contributed by atoms with van der Waals surface area (Å²) in [5.74, 6) is -0.814. The Morgan fingerprint density at radius 1 is 1.09 bits per heavy atom. The lowest BCUT2D eigenvalue weighted by Crippen LogP contribution is -2.44. The van der Waals surface area contributed by atoms with E-state index in [1.165, 1.54) is 7.11 Å². The summed E-state index contributed by atoms with van der Waals surface area (Å²) in [5, 5.41) is 3.06. The van der Waals surface area contributed by atoms with E-state index in [0.29, 0.717) is 11.3 Å². The third-order valence-corrected chi connectivity index (χ3v) is 3.43. The summed E-state index contributed by atoms with van der Waals surface area (Å²) in [6.45, 7) is 0. The van der Waals surface area contributed by atoms with Crippen molar-refractivity contribution < 1.29 is 14.3 Å². The molecule has 1 aliphatic heterocycles. The average molecular weight is 294 g/mol. The van der Waals surface area contributed by atoms with Gasteiger partial charge in [0.2, 0.25) is 0 Å². The molecule has 1 atom stereocenters. The molecule has 1 N–H and O–H groups in total. The molecule has 110 valence electrons. The molecule has 0 saturated heterocycles. The van der Waals surface area contributed by atoms with Gasteiger partial charge in [0.25, 0.3) is 0 Å². The van der Waals surface area contributed by atoms with Crippen molar-refractivity contribution >= 4 is 28.8 Å². The van der Waals surface area contributed by atoms with Crippen LogP contribution < -0.4 is 5.32 Å². The third kappa shape index (κ3) is 2.48. The quantitative estimate of drug-likeness (QED) is 0.884. The molecular weight excluding hydrogens is 280 g/mol. The van der Waals surface area contributed by atoms with Crippen LogP contribution in [0, 0.1) is 0 Å². The second kappa shape index (κ2) is 5.81. The average Bonchev–Trinajstić information content (AvgIpc) is 2.57. The number of aliphatic imine (C=N–C) groups is 1. The van der Waals surface area contributed by atoms with Crippen molar-refractivity contribution in [3.05, 3.63) is 60.2 Å². The minimum absolute atomic E-state index is 0.0649. The number of nitrogens with one attached hydrogen (secondary N) is 1. The number of esters is 1. The molecule has 0 aliphatic carbocycles. The highest BCUT2D eigenvalue weighted by atomic mass is 16.5. The number of para-hydroxylation sites is 2. The van der Waals surface area contributed by atoms with Crippen LogP contribution in [0.1, 0.15) is 10.4 Å². The van der Waals surface area contributed by atoms with E-state index in [0.717, 1.165) is 5.69 Å². The SMILES string of the molecule is COC(=O)C1=Nc2ccccc2C(=O)C1Nc1ccccc1. The monoisotopic (exact) mass is 294 g/mol. The fraction of sp³-hybridized carbons (Fsp3) is 0.118. The maximum Gasteiger partial charge on any atom is 0.355 e. The molecule has 1 heterocycles. The Labute approximate surface area is 127 Å². The number of ether oxygens (including phenoxy) is 1. The van der Waals surface area contributed by atoms with Crippen molar-refractivity contribution in [1.82, 2.24) is 0 Å². The second-order valence-electron chi connectivity index (χ2n) is 4.81. The van der Waals surface area contributed by atoms with Gasteiger partial charge in [-0.3, -0.25) is 4.79 Å². The number of Topliss-reactive ketones (excluding diaryl/α,β-unsaturated/α-hetero) is 1. The maximum absolute atomic E-state index is 12.7. The standard InChI is InChI=1S/C17H14N2O3/c1-22-17(21)15-14(18-11-7-3-2-4-8-11)16(20)12-9-5-6-10-13(12)19-15/h2-10,14,18H,1H3. The highest BCUT2D eigenvalue weighted by molar-refractivity contribution is 6.46. The summed E-state index contributed by atoms with van der Waals surface area (Å²) >= 11 is 0. The molecule has 1 unspecified atom stereocenters.